The zero-order valence-corrected chi connectivity index (χ0v) is 31.0. The van der Waals surface area contributed by atoms with Gasteiger partial charge in [-0.05, 0) is 62.6 Å². The van der Waals surface area contributed by atoms with Crippen LogP contribution < -0.4 is 0 Å². The minimum atomic E-state index is -3.40. The number of carboxylic acids is 1. The molecule has 4 heterocycles. The van der Waals surface area contributed by atoms with Crippen molar-refractivity contribution < 1.29 is 32.6 Å². The van der Waals surface area contributed by atoms with Gasteiger partial charge in [0.1, 0.15) is 11.6 Å². The fraction of sp³-hybridized carbons (Fsp3) is 0.486. The van der Waals surface area contributed by atoms with Crippen molar-refractivity contribution in [2.75, 3.05) is 45.6 Å². The number of fused-ring (bicyclic) bond motifs is 2. The number of aromatic nitrogens is 2. The molecule has 14 heteroatoms. The van der Waals surface area contributed by atoms with E-state index in [1.165, 1.54) is 15.5 Å². The Hall–Kier alpha value is -3.93. The Morgan fingerprint density at radius 2 is 1.80 bits per heavy atom. The van der Waals surface area contributed by atoms with E-state index in [1.54, 1.807) is 26.8 Å². The topological polar surface area (TPSA) is 135 Å². The van der Waals surface area contributed by atoms with Gasteiger partial charge >= 0.3 is 12.1 Å². The van der Waals surface area contributed by atoms with Gasteiger partial charge in [0.05, 0.1) is 36.7 Å². The van der Waals surface area contributed by atoms with Gasteiger partial charge in [0.25, 0.3) is 0 Å². The molecule has 0 aliphatic carbocycles. The van der Waals surface area contributed by atoms with Gasteiger partial charge in [-0.2, -0.15) is 9.40 Å². The average Bonchev–Trinajstić information content (AvgIpc) is 3.44. The SMILES string of the molecule is CC(C)(C)OC(=O)N1Cc2cc(C#Cc3cc(-c4nn(CCCN5CCOCC5)c5c4CN(S(C)(=O)=O)CC5)ccc3Cl)ccc2C[C@@H]1C(=O)O. The molecule has 0 spiro atoms. The molecule has 1 amide bonds. The Labute approximate surface area is 304 Å². The number of aliphatic carboxylic acids is 1. The van der Waals surface area contributed by atoms with Gasteiger partial charge in [-0.1, -0.05) is 35.6 Å². The first-order valence-electron chi connectivity index (χ1n) is 17.2. The molecule has 1 N–H and O–H groups in total. The number of hydrogen-bond donors (Lipinski definition) is 1. The first-order chi connectivity index (χ1) is 24.2. The molecule has 0 radical (unpaired) electrons. The number of ether oxygens (including phenoxy) is 2. The molecule has 1 aromatic heterocycles. The normalized spacial score (nSPS) is 18.4. The van der Waals surface area contributed by atoms with Gasteiger partial charge in [0.2, 0.25) is 10.0 Å². The van der Waals surface area contributed by atoms with E-state index >= 15 is 0 Å². The van der Waals surface area contributed by atoms with Crippen molar-refractivity contribution in [1.29, 1.82) is 0 Å². The molecule has 2 aromatic carbocycles. The molecule has 12 nitrogen and oxygen atoms in total. The molecule has 1 saturated heterocycles. The fourth-order valence-electron chi connectivity index (χ4n) is 6.74. The summed E-state index contributed by atoms with van der Waals surface area (Å²) in [6.45, 7) is 10.9. The predicted molar refractivity (Wildman–Crippen MR) is 193 cm³/mol. The van der Waals surface area contributed by atoms with Crippen LogP contribution in [0, 0.1) is 11.8 Å². The molecule has 272 valence electrons. The Bertz CT molecular complexity index is 1990. The van der Waals surface area contributed by atoms with Gasteiger partial charge in [-0.3, -0.25) is 14.5 Å². The third-order valence-corrected chi connectivity index (χ3v) is 10.9. The van der Waals surface area contributed by atoms with Crippen molar-refractivity contribution in [2.24, 2.45) is 0 Å². The lowest BCUT2D eigenvalue weighted by Gasteiger charge is -2.35. The average molecular weight is 738 g/mol. The van der Waals surface area contributed by atoms with Crippen molar-refractivity contribution >= 4 is 33.7 Å². The Kier molecular flexibility index (Phi) is 10.8. The highest BCUT2D eigenvalue weighted by molar-refractivity contribution is 7.88. The molecule has 0 unspecified atom stereocenters. The van der Waals surface area contributed by atoms with Crippen molar-refractivity contribution in [3.63, 3.8) is 0 Å². The number of morpholine rings is 1. The minimum Gasteiger partial charge on any atom is -0.480 e. The summed E-state index contributed by atoms with van der Waals surface area (Å²) in [7, 11) is -3.40. The summed E-state index contributed by atoms with van der Waals surface area (Å²) in [5, 5.41) is 15.4. The van der Waals surface area contributed by atoms with Crippen LogP contribution in [-0.4, -0.2) is 107 Å². The van der Waals surface area contributed by atoms with Crippen molar-refractivity contribution in [3.05, 3.63) is 74.9 Å². The highest BCUT2D eigenvalue weighted by Gasteiger charge is 2.37. The summed E-state index contributed by atoms with van der Waals surface area (Å²) in [6.07, 6.45) is 2.20. The molecule has 51 heavy (non-hydrogen) atoms. The first kappa shape index (κ1) is 36.8. The Balaban J connectivity index is 1.27. The molecular formula is C37H44ClN5O7S. The van der Waals surface area contributed by atoms with Crippen LogP contribution in [0.2, 0.25) is 5.02 Å². The van der Waals surface area contributed by atoms with E-state index in [-0.39, 0.29) is 19.5 Å². The number of amides is 1. The molecule has 0 bridgehead atoms. The summed E-state index contributed by atoms with van der Waals surface area (Å²) >= 11 is 6.65. The van der Waals surface area contributed by atoms with E-state index in [4.69, 9.17) is 26.2 Å². The van der Waals surface area contributed by atoms with E-state index < -0.39 is 33.7 Å². The molecule has 3 aliphatic heterocycles. The van der Waals surface area contributed by atoms with E-state index in [0.29, 0.717) is 34.8 Å². The van der Waals surface area contributed by atoms with Crippen molar-refractivity contribution in [1.82, 2.24) is 23.9 Å². The summed E-state index contributed by atoms with van der Waals surface area (Å²) in [5.74, 6) is 5.29. The van der Waals surface area contributed by atoms with Crippen molar-refractivity contribution in [2.45, 2.75) is 71.3 Å². The highest BCUT2D eigenvalue weighted by atomic mass is 35.5. The summed E-state index contributed by atoms with van der Waals surface area (Å²) < 4.78 is 39.6. The maximum atomic E-state index is 12.9. The number of carbonyl (C=O) groups is 2. The number of benzene rings is 2. The van der Waals surface area contributed by atoms with Crippen LogP contribution in [0.25, 0.3) is 11.3 Å². The van der Waals surface area contributed by atoms with Crippen LogP contribution in [0.5, 0.6) is 0 Å². The highest BCUT2D eigenvalue weighted by Crippen LogP contribution is 2.33. The van der Waals surface area contributed by atoms with Crippen LogP contribution in [0.3, 0.4) is 0 Å². The van der Waals surface area contributed by atoms with Crippen molar-refractivity contribution in [3.8, 4) is 23.1 Å². The third kappa shape index (κ3) is 8.76. The molecule has 0 saturated carbocycles. The predicted octanol–water partition coefficient (Wildman–Crippen LogP) is 4.39. The lowest BCUT2D eigenvalue weighted by molar-refractivity contribution is -0.143. The standard InChI is InChI=1S/C37H44ClN5O7S/c1-37(2,3)50-36(46)42-23-29-20-25(6-8-26(29)22-33(42)35(44)45)7-9-27-21-28(10-11-31(27)38)34-30-24-41(51(4,47)48)15-12-32(30)43(39-34)14-5-13-40-16-18-49-19-17-40/h6,8,10-11,20-21,33H,5,12-19,22-24H2,1-4H3,(H,44,45)/t33-/m1/s1. The van der Waals surface area contributed by atoms with Crippen LogP contribution in [0.4, 0.5) is 4.79 Å². The number of carbonyl (C=O) groups excluding carboxylic acids is 1. The molecule has 3 aliphatic rings. The second-order valence-corrected chi connectivity index (χ2v) is 16.6. The van der Waals surface area contributed by atoms with Gasteiger partial charge in [-0.25, -0.2) is 18.0 Å². The summed E-state index contributed by atoms with van der Waals surface area (Å²) in [6, 6.07) is 10.1. The maximum Gasteiger partial charge on any atom is 0.411 e. The fourth-order valence-corrected chi connectivity index (χ4v) is 7.69. The number of carboxylic acid groups (broad SMARTS) is 1. The monoisotopic (exact) mass is 737 g/mol. The van der Waals surface area contributed by atoms with E-state index in [2.05, 4.69) is 16.7 Å². The maximum absolute atomic E-state index is 12.9. The van der Waals surface area contributed by atoms with Crippen LogP contribution in [0.1, 0.15) is 60.7 Å². The lowest BCUT2D eigenvalue weighted by atomic mass is 9.92. The molecular weight excluding hydrogens is 694 g/mol. The van der Waals surface area contributed by atoms with Crippen LogP contribution in [0.15, 0.2) is 36.4 Å². The largest absolute Gasteiger partial charge is 0.480 e. The Morgan fingerprint density at radius 1 is 1.04 bits per heavy atom. The second kappa shape index (κ2) is 15.0. The molecule has 1 fully saturated rings. The van der Waals surface area contributed by atoms with E-state index in [0.717, 1.165) is 73.8 Å². The van der Waals surface area contributed by atoms with Gasteiger partial charge in [-0.15, -0.1) is 0 Å². The Morgan fingerprint density at radius 3 is 2.51 bits per heavy atom. The number of aryl methyl sites for hydroxylation is 1. The molecule has 1 atom stereocenters. The molecule has 6 rings (SSSR count). The van der Waals surface area contributed by atoms with Gasteiger partial charge < -0.3 is 14.6 Å². The van der Waals surface area contributed by atoms with Crippen LogP contribution in [-0.2, 0) is 56.8 Å². The smallest absolute Gasteiger partial charge is 0.411 e. The number of nitrogens with zero attached hydrogens (tertiary/aromatic N) is 5. The third-order valence-electron chi connectivity index (χ3n) is 9.35. The number of hydrogen-bond acceptors (Lipinski definition) is 8. The number of sulfonamides is 1. The zero-order valence-electron chi connectivity index (χ0n) is 29.4. The van der Waals surface area contributed by atoms with Gasteiger partial charge in [0, 0.05) is 80.1 Å². The van der Waals surface area contributed by atoms with E-state index in [9.17, 15) is 23.1 Å². The van der Waals surface area contributed by atoms with Gasteiger partial charge in [0.15, 0.2) is 0 Å². The first-order valence-corrected chi connectivity index (χ1v) is 19.4. The minimum absolute atomic E-state index is 0.0810. The summed E-state index contributed by atoms with van der Waals surface area (Å²) in [4.78, 5) is 28.6. The second-order valence-electron chi connectivity index (χ2n) is 14.2. The number of rotatable bonds is 7. The molecule has 3 aromatic rings. The zero-order chi connectivity index (χ0) is 36.5. The quantitative estimate of drug-likeness (QED) is 0.351. The van der Waals surface area contributed by atoms with Crippen LogP contribution >= 0.6 is 11.6 Å². The van der Waals surface area contributed by atoms with E-state index in [1.807, 2.05) is 35.0 Å². The number of halogens is 1. The lowest BCUT2D eigenvalue weighted by Crippen LogP contribution is -2.50. The summed E-state index contributed by atoms with van der Waals surface area (Å²) in [5.41, 5.74) is 5.58.